The molecule has 32 heavy (non-hydrogen) atoms. The first-order valence-corrected chi connectivity index (χ1v) is 13.0. The first-order valence-electron chi connectivity index (χ1n) is 8.43. The lowest BCUT2D eigenvalue weighted by Gasteiger charge is -2.39. The summed E-state index contributed by atoms with van der Waals surface area (Å²) in [5.74, 6) is -1.14. The minimum absolute atomic E-state index is 0.119. The molecule has 0 saturated heterocycles. The van der Waals surface area contributed by atoms with Crippen molar-refractivity contribution in [3.05, 3.63) is 22.7 Å². The zero-order valence-corrected chi connectivity index (χ0v) is 19.5. The molecule has 0 aromatic carbocycles. The Morgan fingerprint density at radius 3 is 2.16 bits per heavy atom. The number of nitrogens with zero attached hydrogens (tertiary/aromatic N) is 2. The number of aliphatic hydroxyl groups excluding tert-OH is 1. The van der Waals surface area contributed by atoms with Gasteiger partial charge >= 0.3 is 29.2 Å². The summed E-state index contributed by atoms with van der Waals surface area (Å²) >= 11 is 0. The topological polar surface area (TPSA) is 250 Å². The Hall–Kier alpha value is -1.06. The maximum absolute atomic E-state index is 14.2. The molecule has 0 aliphatic rings. The highest BCUT2D eigenvalue weighted by atomic mass is 31.3. The van der Waals surface area contributed by atoms with Gasteiger partial charge in [0.25, 0.3) is 0 Å². The van der Waals surface area contributed by atoms with Crippen molar-refractivity contribution in [3.8, 4) is 0 Å². The van der Waals surface area contributed by atoms with Crippen LogP contribution in [0, 0.1) is 5.92 Å². The summed E-state index contributed by atoms with van der Waals surface area (Å²) < 4.78 is 66.1. The third-order valence-electron chi connectivity index (χ3n) is 3.88. The standard InChI is InChI=1S/C12H23FN3O13P3/c1-7(2)12(10(13)17,27-8(3)16-5-4-9(14)15-11(16)18)6-26-31(22,23)29-32(24,25)28-30(19,20)21/h4-5,7-8,10,17H,6H2,1-3H3,(H,22,23)(H,24,25)(H2,14,15,18)(H2,19,20,21)/t8-,10-,12+/m1/s1. The zero-order valence-electron chi connectivity index (χ0n) is 16.8. The molecule has 186 valence electrons. The van der Waals surface area contributed by atoms with Gasteiger partial charge in [-0.1, -0.05) is 13.8 Å². The quantitative estimate of drug-likeness (QED) is 0.200. The van der Waals surface area contributed by atoms with Crippen molar-refractivity contribution in [2.75, 3.05) is 12.3 Å². The third kappa shape index (κ3) is 8.37. The monoisotopic (exact) mass is 529 g/mol. The molecule has 20 heteroatoms. The number of nitrogens with two attached hydrogens (primary N) is 1. The zero-order chi connectivity index (χ0) is 25.1. The molecule has 0 spiro atoms. The summed E-state index contributed by atoms with van der Waals surface area (Å²) in [4.78, 5) is 51.2. The molecule has 16 nitrogen and oxygen atoms in total. The van der Waals surface area contributed by atoms with Crippen LogP contribution in [-0.2, 0) is 31.6 Å². The average molecular weight is 529 g/mol. The van der Waals surface area contributed by atoms with Gasteiger partial charge in [0.2, 0.25) is 6.36 Å². The summed E-state index contributed by atoms with van der Waals surface area (Å²) in [5.41, 5.74) is 2.02. The van der Waals surface area contributed by atoms with Gasteiger partial charge in [0.1, 0.15) is 12.0 Å². The highest BCUT2D eigenvalue weighted by Gasteiger charge is 2.48. The molecule has 0 bridgehead atoms. The van der Waals surface area contributed by atoms with E-state index in [1.54, 1.807) is 0 Å². The first kappa shape index (κ1) is 29.0. The van der Waals surface area contributed by atoms with Crippen molar-refractivity contribution < 1.29 is 60.6 Å². The fourth-order valence-electron chi connectivity index (χ4n) is 2.30. The maximum atomic E-state index is 14.2. The smallest absolute Gasteiger partial charge is 0.383 e. The molecule has 0 radical (unpaired) electrons. The minimum atomic E-state index is -5.82. The Labute approximate surface area is 180 Å². The van der Waals surface area contributed by atoms with Gasteiger partial charge in [0.05, 0.1) is 6.61 Å². The minimum Gasteiger partial charge on any atom is -0.383 e. The lowest BCUT2D eigenvalue weighted by Crippen LogP contribution is -2.52. The summed E-state index contributed by atoms with van der Waals surface area (Å²) in [7, 11) is -17.1. The predicted molar refractivity (Wildman–Crippen MR) is 103 cm³/mol. The van der Waals surface area contributed by atoms with Gasteiger partial charge in [-0.05, 0) is 18.9 Å². The van der Waals surface area contributed by atoms with Crippen LogP contribution in [-0.4, -0.2) is 52.8 Å². The molecular formula is C12H23FN3O13P3. The second-order valence-corrected chi connectivity index (χ2v) is 11.0. The molecule has 1 heterocycles. The number of hydrogen-bond donors (Lipinski definition) is 6. The van der Waals surface area contributed by atoms with Crippen molar-refractivity contribution in [1.29, 1.82) is 0 Å². The molecule has 1 rings (SSSR count). The molecule has 1 aromatic heterocycles. The van der Waals surface area contributed by atoms with E-state index in [-0.39, 0.29) is 5.82 Å². The molecule has 0 amide bonds. The van der Waals surface area contributed by atoms with Gasteiger partial charge in [-0.2, -0.15) is 13.6 Å². The fraction of sp³-hybridized carbons (Fsp3) is 0.667. The number of halogens is 1. The summed E-state index contributed by atoms with van der Waals surface area (Å²) in [5, 5.41) is 9.69. The number of phosphoric acid groups is 3. The Bertz CT molecular complexity index is 988. The van der Waals surface area contributed by atoms with Gasteiger partial charge in [-0.3, -0.25) is 9.09 Å². The molecule has 7 N–H and O–H groups in total. The molecule has 0 saturated carbocycles. The van der Waals surface area contributed by atoms with E-state index in [4.69, 9.17) is 20.3 Å². The second-order valence-electron chi connectivity index (χ2n) is 6.57. The summed E-state index contributed by atoms with van der Waals surface area (Å²) in [6.07, 6.45) is -3.09. The third-order valence-corrected chi connectivity index (χ3v) is 7.67. The number of aromatic nitrogens is 2. The Balaban J connectivity index is 3.14. The van der Waals surface area contributed by atoms with Crippen LogP contribution in [0.3, 0.4) is 0 Å². The average Bonchev–Trinajstić information content (AvgIpc) is 2.54. The van der Waals surface area contributed by atoms with Crippen LogP contribution in [0.4, 0.5) is 10.2 Å². The van der Waals surface area contributed by atoms with E-state index in [0.29, 0.717) is 0 Å². The molecular weight excluding hydrogens is 506 g/mol. The number of ether oxygens (including phenoxy) is 1. The van der Waals surface area contributed by atoms with Crippen LogP contribution >= 0.6 is 23.5 Å². The SMILES string of the molecule is CC(C)[C@](COP(=O)(O)OP(=O)(O)OP(=O)(O)O)(O[C@H](C)n1ccc(N)nc1=O)[C@@H](O)F. The number of alkyl halides is 1. The van der Waals surface area contributed by atoms with Gasteiger partial charge in [-0.15, -0.1) is 0 Å². The number of hydrogen-bond acceptors (Lipinski definition) is 11. The molecule has 5 atom stereocenters. The van der Waals surface area contributed by atoms with Crippen LogP contribution in [0.25, 0.3) is 0 Å². The number of phosphoric ester groups is 1. The van der Waals surface area contributed by atoms with Crippen molar-refractivity contribution in [2.45, 2.75) is 39.0 Å². The Morgan fingerprint density at radius 2 is 1.72 bits per heavy atom. The Kier molecular flexibility index (Phi) is 9.48. The molecule has 1 aromatic rings. The largest absolute Gasteiger partial charge is 0.490 e. The predicted octanol–water partition coefficient (Wildman–Crippen LogP) is 0.387. The molecule has 0 fully saturated rings. The normalized spacial score (nSPS) is 20.2. The number of aliphatic hydroxyl groups is 1. The van der Waals surface area contributed by atoms with Crippen LogP contribution < -0.4 is 11.4 Å². The van der Waals surface area contributed by atoms with Gasteiger partial charge in [-0.25, -0.2) is 22.9 Å². The molecule has 0 aliphatic carbocycles. The van der Waals surface area contributed by atoms with E-state index < -0.39 is 59.9 Å². The van der Waals surface area contributed by atoms with Crippen molar-refractivity contribution in [1.82, 2.24) is 9.55 Å². The van der Waals surface area contributed by atoms with Gasteiger partial charge < -0.3 is 35.2 Å². The van der Waals surface area contributed by atoms with Gasteiger partial charge in [0, 0.05) is 6.20 Å². The highest BCUT2D eigenvalue weighted by molar-refractivity contribution is 7.66. The van der Waals surface area contributed by atoms with Crippen LogP contribution in [0.2, 0.25) is 0 Å². The van der Waals surface area contributed by atoms with Crippen molar-refractivity contribution >= 4 is 29.3 Å². The fourth-order valence-corrected chi connectivity index (χ4v) is 5.36. The van der Waals surface area contributed by atoms with E-state index in [2.05, 4.69) is 18.1 Å². The second kappa shape index (κ2) is 10.5. The first-order chi connectivity index (χ1) is 14.3. The van der Waals surface area contributed by atoms with E-state index in [0.717, 1.165) is 10.8 Å². The van der Waals surface area contributed by atoms with Crippen LogP contribution in [0.5, 0.6) is 0 Å². The molecule has 0 aliphatic heterocycles. The number of rotatable bonds is 12. The van der Waals surface area contributed by atoms with E-state index in [1.807, 2.05) is 0 Å². The lowest BCUT2D eigenvalue weighted by atomic mass is 9.90. The Morgan fingerprint density at radius 1 is 1.16 bits per heavy atom. The number of nitrogen functional groups attached to an aromatic ring is 1. The van der Waals surface area contributed by atoms with E-state index in [1.165, 1.54) is 26.8 Å². The molecule has 2 unspecified atom stereocenters. The van der Waals surface area contributed by atoms with E-state index in [9.17, 15) is 37.8 Å². The van der Waals surface area contributed by atoms with Crippen molar-refractivity contribution in [3.63, 3.8) is 0 Å². The van der Waals surface area contributed by atoms with Crippen LogP contribution in [0.1, 0.15) is 27.0 Å². The lowest BCUT2D eigenvalue weighted by molar-refractivity contribution is -0.243. The summed E-state index contributed by atoms with van der Waals surface area (Å²) in [6.45, 7) is 2.55. The number of anilines is 1. The van der Waals surface area contributed by atoms with Crippen LogP contribution in [0.15, 0.2) is 17.1 Å². The van der Waals surface area contributed by atoms with Crippen molar-refractivity contribution in [2.24, 2.45) is 5.92 Å². The summed E-state index contributed by atoms with van der Waals surface area (Å²) in [6, 6.07) is 1.22. The highest BCUT2D eigenvalue weighted by Crippen LogP contribution is 2.66. The van der Waals surface area contributed by atoms with Gasteiger partial charge in [0.15, 0.2) is 5.60 Å². The maximum Gasteiger partial charge on any atom is 0.490 e. The van der Waals surface area contributed by atoms with E-state index >= 15 is 0 Å².